The fourth-order valence-electron chi connectivity index (χ4n) is 1.27. The van der Waals surface area contributed by atoms with Crippen LogP contribution in [0.2, 0.25) is 0 Å². The number of primary amides is 1. The number of nitrogens with two attached hydrogens (primary N) is 1. The van der Waals surface area contributed by atoms with Gasteiger partial charge in [-0.25, -0.2) is 4.99 Å². The molecule has 0 aliphatic rings. The molecule has 1 amide bonds. The van der Waals surface area contributed by atoms with Crippen molar-refractivity contribution in [2.24, 2.45) is 10.7 Å². The van der Waals surface area contributed by atoms with E-state index >= 15 is 0 Å². The van der Waals surface area contributed by atoms with Crippen LogP contribution in [0.25, 0.3) is 0 Å². The van der Waals surface area contributed by atoms with Gasteiger partial charge in [-0.15, -0.1) is 0 Å². The Bertz CT molecular complexity index is 610. The van der Waals surface area contributed by atoms with Gasteiger partial charge in [0, 0.05) is 10.5 Å². The summed E-state index contributed by atoms with van der Waals surface area (Å²) in [5, 5.41) is 11.0. The first-order valence-electron chi connectivity index (χ1n) is 5.23. The van der Waals surface area contributed by atoms with Crippen LogP contribution >= 0.6 is 23.5 Å². The standard InChI is InChI=1S/C11H9F3N4OS2/c1-20-10(17-5-15)18-7-2-6(9(16)19)3-8(4-7)21-11(12,13)14/h2-4H,1H3,(H2,16,19)(H,17,18). The molecule has 21 heavy (non-hydrogen) atoms. The third-order valence-electron chi connectivity index (χ3n) is 2.00. The lowest BCUT2D eigenvalue weighted by atomic mass is 10.2. The number of halogens is 3. The number of carbonyl (C=O) groups is 1. The summed E-state index contributed by atoms with van der Waals surface area (Å²) in [6.45, 7) is 0. The first-order chi connectivity index (χ1) is 9.75. The van der Waals surface area contributed by atoms with E-state index in [0.717, 1.165) is 23.9 Å². The van der Waals surface area contributed by atoms with Gasteiger partial charge in [0.25, 0.3) is 0 Å². The molecule has 10 heteroatoms. The number of carbonyl (C=O) groups excluding carboxylic acids is 1. The number of nitrogens with one attached hydrogen (secondary N) is 1. The minimum Gasteiger partial charge on any atom is -0.366 e. The third kappa shape index (κ3) is 5.97. The quantitative estimate of drug-likeness (QED) is 0.292. The molecule has 0 atom stereocenters. The van der Waals surface area contributed by atoms with Crippen molar-refractivity contribution in [3.8, 4) is 6.19 Å². The molecule has 0 heterocycles. The Morgan fingerprint density at radius 1 is 1.43 bits per heavy atom. The van der Waals surface area contributed by atoms with Crippen LogP contribution in [0, 0.1) is 11.5 Å². The Labute approximate surface area is 126 Å². The summed E-state index contributed by atoms with van der Waals surface area (Å²) in [6.07, 6.45) is 3.28. The molecule has 0 spiro atoms. The molecular formula is C11H9F3N4OS2. The normalized spacial score (nSPS) is 11.9. The van der Waals surface area contributed by atoms with E-state index < -0.39 is 11.4 Å². The lowest BCUT2D eigenvalue weighted by Gasteiger charge is -2.08. The summed E-state index contributed by atoms with van der Waals surface area (Å²) in [6, 6.07) is 3.44. The molecule has 3 N–H and O–H groups in total. The monoisotopic (exact) mass is 334 g/mol. The second-order valence-corrected chi connectivity index (χ2v) is 5.42. The SMILES string of the molecule is CSC(=Nc1cc(SC(F)(F)F)cc(C(N)=O)c1)NC#N. The Morgan fingerprint density at radius 2 is 2.10 bits per heavy atom. The van der Waals surface area contributed by atoms with E-state index in [0.29, 0.717) is 0 Å². The van der Waals surface area contributed by atoms with Gasteiger partial charge in [-0.3, -0.25) is 10.1 Å². The smallest absolute Gasteiger partial charge is 0.366 e. The first-order valence-corrected chi connectivity index (χ1v) is 7.27. The number of nitriles is 1. The molecule has 0 unspecified atom stereocenters. The molecule has 1 aromatic carbocycles. The van der Waals surface area contributed by atoms with Gasteiger partial charge in [0.05, 0.1) is 5.69 Å². The van der Waals surface area contributed by atoms with Crippen LogP contribution in [0.3, 0.4) is 0 Å². The molecular weight excluding hydrogens is 325 g/mol. The molecule has 0 bridgehead atoms. The lowest BCUT2D eigenvalue weighted by molar-refractivity contribution is -0.0328. The van der Waals surface area contributed by atoms with E-state index in [1.807, 2.05) is 0 Å². The highest BCUT2D eigenvalue weighted by Gasteiger charge is 2.29. The Kier molecular flexibility index (Phi) is 5.92. The number of aliphatic imine (C=N–C) groups is 1. The van der Waals surface area contributed by atoms with Crippen LogP contribution in [0.4, 0.5) is 18.9 Å². The summed E-state index contributed by atoms with van der Waals surface area (Å²) in [7, 11) is 0. The van der Waals surface area contributed by atoms with Gasteiger partial charge >= 0.3 is 5.51 Å². The van der Waals surface area contributed by atoms with E-state index in [1.54, 1.807) is 12.4 Å². The highest BCUT2D eigenvalue weighted by Crippen LogP contribution is 2.38. The molecule has 0 aliphatic heterocycles. The molecule has 5 nitrogen and oxygen atoms in total. The second kappa shape index (κ2) is 7.24. The number of rotatable bonds is 3. The predicted octanol–water partition coefficient (Wildman–Crippen LogP) is 2.82. The third-order valence-corrected chi connectivity index (χ3v) is 3.28. The van der Waals surface area contributed by atoms with Crippen LogP contribution in [0.15, 0.2) is 28.1 Å². The van der Waals surface area contributed by atoms with Crippen LogP contribution in [-0.2, 0) is 0 Å². The maximum Gasteiger partial charge on any atom is 0.446 e. The molecule has 0 radical (unpaired) electrons. The van der Waals surface area contributed by atoms with Gasteiger partial charge in [0.15, 0.2) is 11.4 Å². The minimum absolute atomic E-state index is 0.0881. The van der Waals surface area contributed by atoms with Crippen molar-refractivity contribution in [3.05, 3.63) is 23.8 Å². The summed E-state index contributed by atoms with van der Waals surface area (Å²) in [4.78, 5) is 14.9. The molecule has 0 saturated heterocycles. The van der Waals surface area contributed by atoms with E-state index in [4.69, 9.17) is 11.0 Å². The van der Waals surface area contributed by atoms with Gasteiger partial charge < -0.3 is 5.73 Å². The van der Waals surface area contributed by atoms with Gasteiger partial charge in [0.2, 0.25) is 5.91 Å². The summed E-state index contributed by atoms with van der Waals surface area (Å²) >= 11 is 0.719. The van der Waals surface area contributed by atoms with Crippen LogP contribution < -0.4 is 11.1 Å². The van der Waals surface area contributed by atoms with Crippen molar-refractivity contribution in [3.63, 3.8) is 0 Å². The summed E-state index contributed by atoms with van der Waals surface area (Å²) in [5.74, 6) is -0.866. The van der Waals surface area contributed by atoms with E-state index in [1.165, 1.54) is 6.07 Å². The fraction of sp³-hybridized carbons (Fsp3) is 0.182. The number of nitrogens with zero attached hydrogens (tertiary/aromatic N) is 2. The predicted molar refractivity (Wildman–Crippen MR) is 76.2 cm³/mol. The summed E-state index contributed by atoms with van der Waals surface area (Å²) in [5.41, 5.74) is 0.582. The van der Waals surface area contributed by atoms with Gasteiger partial charge in [-0.05, 0) is 36.2 Å². The maximum absolute atomic E-state index is 12.4. The fourth-order valence-corrected chi connectivity index (χ4v) is 2.25. The molecule has 0 saturated carbocycles. The zero-order valence-corrected chi connectivity index (χ0v) is 12.2. The number of thioether (sulfide) groups is 2. The van der Waals surface area contributed by atoms with E-state index in [9.17, 15) is 18.0 Å². The number of amidine groups is 1. The van der Waals surface area contributed by atoms with Crippen molar-refractivity contribution in [1.29, 1.82) is 5.26 Å². The van der Waals surface area contributed by atoms with Crippen LogP contribution in [0.1, 0.15) is 10.4 Å². The Hall–Kier alpha value is -1.86. The molecule has 0 aromatic heterocycles. The van der Waals surface area contributed by atoms with Gasteiger partial charge in [0.1, 0.15) is 0 Å². The first kappa shape index (κ1) is 17.2. The Balaban J connectivity index is 3.26. The molecule has 0 fully saturated rings. The van der Waals surface area contributed by atoms with Crippen molar-refractivity contribution >= 4 is 40.3 Å². The van der Waals surface area contributed by atoms with E-state index in [2.05, 4.69) is 10.3 Å². The lowest BCUT2D eigenvalue weighted by Crippen LogP contribution is -2.13. The molecule has 112 valence electrons. The highest BCUT2D eigenvalue weighted by molar-refractivity contribution is 8.13. The topological polar surface area (TPSA) is 91.3 Å². The van der Waals surface area contributed by atoms with Gasteiger partial charge in [-0.1, -0.05) is 11.8 Å². The number of benzene rings is 1. The van der Waals surface area contributed by atoms with Crippen molar-refractivity contribution in [1.82, 2.24) is 5.32 Å². The molecule has 1 rings (SSSR count). The summed E-state index contributed by atoms with van der Waals surface area (Å²) < 4.78 is 37.2. The van der Waals surface area contributed by atoms with Crippen molar-refractivity contribution in [2.75, 3.05) is 6.26 Å². The number of amides is 1. The molecule has 0 aliphatic carbocycles. The van der Waals surface area contributed by atoms with Crippen molar-refractivity contribution in [2.45, 2.75) is 10.4 Å². The Morgan fingerprint density at radius 3 is 2.57 bits per heavy atom. The maximum atomic E-state index is 12.4. The number of hydrogen-bond acceptors (Lipinski definition) is 5. The largest absolute Gasteiger partial charge is 0.446 e. The highest BCUT2D eigenvalue weighted by atomic mass is 32.2. The number of alkyl halides is 3. The number of hydrogen-bond donors (Lipinski definition) is 2. The van der Waals surface area contributed by atoms with Gasteiger partial charge in [-0.2, -0.15) is 18.4 Å². The average Bonchev–Trinajstić information content (AvgIpc) is 2.35. The minimum atomic E-state index is -4.50. The second-order valence-electron chi connectivity index (χ2n) is 3.49. The zero-order valence-electron chi connectivity index (χ0n) is 10.6. The van der Waals surface area contributed by atoms with Crippen LogP contribution in [0.5, 0.6) is 0 Å². The van der Waals surface area contributed by atoms with Crippen molar-refractivity contribution < 1.29 is 18.0 Å². The van der Waals surface area contributed by atoms with E-state index in [-0.39, 0.29) is 33.1 Å². The van der Waals surface area contributed by atoms with Crippen LogP contribution in [-0.4, -0.2) is 22.8 Å². The average molecular weight is 334 g/mol. The molecule has 1 aromatic rings. The zero-order chi connectivity index (χ0) is 16.0.